The van der Waals surface area contributed by atoms with Crippen LogP contribution in [0.3, 0.4) is 0 Å². The van der Waals surface area contributed by atoms with Crippen LogP contribution in [0, 0.1) is 6.92 Å². The maximum Gasteiger partial charge on any atom is 0.255 e. The molecule has 110 valence electrons. The number of aromatic amines is 1. The van der Waals surface area contributed by atoms with Crippen LogP contribution in [-0.4, -0.2) is 27.3 Å². The SMILES string of the molecule is Cc1[nH]cnc1CN1CCc2ccc3ccccc3c2C1=O. The van der Waals surface area contributed by atoms with Gasteiger partial charge in [0.2, 0.25) is 0 Å². The first-order valence-corrected chi connectivity index (χ1v) is 7.53. The van der Waals surface area contributed by atoms with Crippen LogP contribution in [0.25, 0.3) is 10.8 Å². The summed E-state index contributed by atoms with van der Waals surface area (Å²) in [6.45, 7) is 3.30. The third-order valence-corrected chi connectivity index (χ3v) is 4.44. The van der Waals surface area contributed by atoms with E-state index in [1.165, 1.54) is 0 Å². The Morgan fingerprint density at radius 1 is 1.23 bits per heavy atom. The first kappa shape index (κ1) is 13.1. The molecule has 4 nitrogen and oxygen atoms in total. The zero-order valence-electron chi connectivity index (χ0n) is 12.5. The molecule has 0 radical (unpaired) electrons. The van der Waals surface area contributed by atoms with Crippen LogP contribution in [0.1, 0.15) is 27.3 Å². The molecule has 3 aromatic rings. The third kappa shape index (κ3) is 1.99. The molecule has 0 spiro atoms. The molecule has 22 heavy (non-hydrogen) atoms. The van der Waals surface area contributed by atoms with Gasteiger partial charge in [0.15, 0.2) is 0 Å². The second-order valence-electron chi connectivity index (χ2n) is 5.77. The van der Waals surface area contributed by atoms with Gasteiger partial charge in [0.05, 0.1) is 24.1 Å². The quantitative estimate of drug-likeness (QED) is 0.789. The van der Waals surface area contributed by atoms with Crippen LogP contribution >= 0.6 is 0 Å². The fourth-order valence-electron chi connectivity index (χ4n) is 3.17. The molecular weight excluding hydrogens is 274 g/mol. The van der Waals surface area contributed by atoms with Crippen LogP contribution in [0.2, 0.25) is 0 Å². The number of hydrogen-bond donors (Lipinski definition) is 1. The minimum absolute atomic E-state index is 0.112. The predicted molar refractivity (Wildman–Crippen MR) is 85.7 cm³/mol. The maximum atomic E-state index is 13.0. The van der Waals surface area contributed by atoms with Crippen molar-refractivity contribution in [3.8, 4) is 0 Å². The highest BCUT2D eigenvalue weighted by atomic mass is 16.2. The van der Waals surface area contributed by atoms with E-state index >= 15 is 0 Å². The highest BCUT2D eigenvalue weighted by Crippen LogP contribution is 2.28. The number of carbonyl (C=O) groups is 1. The molecule has 4 rings (SSSR count). The second-order valence-corrected chi connectivity index (χ2v) is 5.77. The monoisotopic (exact) mass is 291 g/mol. The fourth-order valence-corrected chi connectivity index (χ4v) is 3.17. The fraction of sp³-hybridized carbons (Fsp3) is 0.222. The summed E-state index contributed by atoms with van der Waals surface area (Å²) in [6, 6.07) is 12.3. The van der Waals surface area contributed by atoms with Crippen molar-refractivity contribution in [1.82, 2.24) is 14.9 Å². The van der Waals surface area contributed by atoms with Gasteiger partial charge in [-0.1, -0.05) is 36.4 Å². The Kier molecular flexibility index (Phi) is 2.96. The van der Waals surface area contributed by atoms with Gasteiger partial charge in [-0.15, -0.1) is 0 Å². The number of aromatic nitrogens is 2. The van der Waals surface area contributed by atoms with Crippen molar-refractivity contribution in [1.29, 1.82) is 0 Å². The second kappa shape index (κ2) is 4.98. The highest BCUT2D eigenvalue weighted by molar-refractivity contribution is 6.09. The molecular formula is C18H17N3O. The first-order valence-electron chi connectivity index (χ1n) is 7.53. The van der Waals surface area contributed by atoms with Gasteiger partial charge in [-0.2, -0.15) is 0 Å². The average Bonchev–Trinajstić information content (AvgIpc) is 2.94. The number of hydrogen-bond acceptors (Lipinski definition) is 2. The van der Waals surface area contributed by atoms with E-state index in [4.69, 9.17) is 0 Å². The standard InChI is InChI=1S/C18H17N3O/c1-12-16(20-11-19-12)10-21-9-8-14-7-6-13-4-2-3-5-15(13)17(14)18(21)22/h2-7,11H,8-10H2,1H3,(H,19,20). The summed E-state index contributed by atoms with van der Waals surface area (Å²) in [7, 11) is 0. The Morgan fingerprint density at radius 2 is 2.09 bits per heavy atom. The molecule has 4 heteroatoms. The van der Waals surface area contributed by atoms with Gasteiger partial charge in [0.1, 0.15) is 0 Å². The normalized spacial score (nSPS) is 14.4. The summed E-state index contributed by atoms with van der Waals surface area (Å²) in [4.78, 5) is 22.2. The Labute approximate surface area is 128 Å². The number of amides is 1. The Hall–Kier alpha value is -2.62. The van der Waals surface area contributed by atoms with Gasteiger partial charge in [-0.05, 0) is 29.7 Å². The molecule has 1 aliphatic heterocycles. The van der Waals surface area contributed by atoms with Gasteiger partial charge >= 0.3 is 0 Å². The summed E-state index contributed by atoms with van der Waals surface area (Å²) in [6.07, 6.45) is 2.58. The number of fused-ring (bicyclic) bond motifs is 3. The first-order chi connectivity index (χ1) is 10.7. The number of aryl methyl sites for hydroxylation is 1. The Balaban J connectivity index is 1.76. The predicted octanol–water partition coefficient (Wildman–Crippen LogP) is 3.07. The molecule has 1 N–H and O–H groups in total. The molecule has 0 saturated heterocycles. The number of carbonyl (C=O) groups excluding carboxylic acids is 1. The number of H-pyrrole nitrogens is 1. The number of nitrogens with zero attached hydrogens (tertiary/aromatic N) is 2. The van der Waals surface area contributed by atoms with Crippen LogP contribution in [-0.2, 0) is 13.0 Å². The maximum absolute atomic E-state index is 13.0. The van der Waals surface area contributed by atoms with Crippen molar-refractivity contribution in [2.75, 3.05) is 6.54 Å². The van der Waals surface area contributed by atoms with Gasteiger partial charge in [-0.3, -0.25) is 4.79 Å². The van der Waals surface area contributed by atoms with Crippen LogP contribution < -0.4 is 0 Å². The minimum atomic E-state index is 0.112. The van der Waals surface area contributed by atoms with E-state index in [2.05, 4.69) is 28.2 Å². The van der Waals surface area contributed by atoms with E-state index in [0.29, 0.717) is 6.54 Å². The van der Waals surface area contributed by atoms with E-state index in [0.717, 1.165) is 46.3 Å². The van der Waals surface area contributed by atoms with Gasteiger partial charge in [-0.25, -0.2) is 4.98 Å². The summed E-state index contributed by atoms with van der Waals surface area (Å²) in [5.41, 5.74) is 3.98. The largest absolute Gasteiger partial charge is 0.348 e. The van der Waals surface area contributed by atoms with Crippen molar-refractivity contribution in [3.05, 3.63) is 65.2 Å². The molecule has 2 aromatic carbocycles. The molecule has 1 aliphatic rings. The lowest BCUT2D eigenvalue weighted by molar-refractivity contribution is 0.0727. The van der Waals surface area contributed by atoms with Gasteiger partial charge in [0, 0.05) is 12.2 Å². The molecule has 0 unspecified atom stereocenters. The molecule has 0 fully saturated rings. The molecule has 0 bridgehead atoms. The van der Waals surface area contributed by atoms with E-state index in [1.54, 1.807) is 6.33 Å². The minimum Gasteiger partial charge on any atom is -0.348 e. The van der Waals surface area contributed by atoms with Gasteiger partial charge < -0.3 is 9.88 Å². The molecule has 1 amide bonds. The summed E-state index contributed by atoms with van der Waals surface area (Å²) >= 11 is 0. The van der Waals surface area contributed by atoms with Crippen molar-refractivity contribution >= 4 is 16.7 Å². The van der Waals surface area contributed by atoms with E-state index in [9.17, 15) is 4.79 Å². The van der Waals surface area contributed by atoms with Crippen LogP contribution in [0.4, 0.5) is 0 Å². The highest BCUT2D eigenvalue weighted by Gasteiger charge is 2.26. The lowest BCUT2D eigenvalue weighted by atomic mass is 9.93. The molecule has 1 aromatic heterocycles. The van der Waals surface area contributed by atoms with E-state index < -0.39 is 0 Å². The van der Waals surface area contributed by atoms with Crippen molar-refractivity contribution < 1.29 is 4.79 Å². The Morgan fingerprint density at radius 3 is 2.91 bits per heavy atom. The zero-order valence-corrected chi connectivity index (χ0v) is 12.5. The molecule has 0 saturated carbocycles. The molecule has 2 heterocycles. The van der Waals surface area contributed by atoms with Crippen LogP contribution in [0.15, 0.2) is 42.7 Å². The van der Waals surface area contributed by atoms with Gasteiger partial charge in [0.25, 0.3) is 5.91 Å². The smallest absolute Gasteiger partial charge is 0.255 e. The number of benzene rings is 2. The van der Waals surface area contributed by atoms with Crippen LogP contribution in [0.5, 0.6) is 0 Å². The Bertz CT molecular complexity index is 866. The van der Waals surface area contributed by atoms with Crippen molar-refractivity contribution in [2.45, 2.75) is 19.9 Å². The average molecular weight is 291 g/mol. The topological polar surface area (TPSA) is 49.0 Å². The third-order valence-electron chi connectivity index (χ3n) is 4.44. The molecule has 0 aliphatic carbocycles. The summed E-state index contributed by atoms with van der Waals surface area (Å²) in [5.74, 6) is 0.112. The van der Waals surface area contributed by atoms with E-state index in [-0.39, 0.29) is 5.91 Å². The number of imidazole rings is 1. The summed E-state index contributed by atoms with van der Waals surface area (Å²) in [5, 5.41) is 2.17. The lowest BCUT2D eigenvalue weighted by Gasteiger charge is -2.29. The van der Waals surface area contributed by atoms with E-state index in [1.807, 2.05) is 30.0 Å². The summed E-state index contributed by atoms with van der Waals surface area (Å²) < 4.78 is 0. The molecule has 0 atom stereocenters. The van der Waals surface area contributed by atoms with Crippen molar-refractivity contribution in [3.63, 3.8) is 0 Å². The zero-order chi connectivity index (χ0) is 15.1. The van der Waals surface area contributed by atoms with Crippen molar-refractivity contribution in [2.24, 2.45) is 0 Å². The lowest BCUT2D eigenvalue weighted by Crippen LogP contribution is -2.37. The number of nitrogens with one attached hydrogen (secondary N) is 1. The number of rotatable bonds is 2.